The highest BCUT2D eigenvalue weighted by atomic mass is 16.4. The van der Waals surface area contributed by atoms with Gasteiger partial charge in [-0.1, -0.05) is 42.2 Å². The van der Waals surface area contributed by atoms with Crippen molar-refractivity contribution in [1.82, 2.24) is 5.32 Å². The smallest absolute Gasteiger partial charge is 0.335 e. The highest BCUT2D eigenvalue weighted by Gasteiger charge is 2.00. The van der Waals surface area contributed by atoms with Crippen molar-refractivity contribution in [3.05, 3.63) is 71.3 Å². The van der Waals surface area contributed by atoms with E-state index in [9.17, 15) is 4.79 Å². The van der Waals surface area contributed by atoms with E-state index in [0.29, 0.717) is 18.7 Å². The van der Waals surface area contributed by atoms with E-state index in [1.54, 1.807) is 24.3 Å². The minimum Gasteiger partial charge on any atom is -0.478 e. The lowest BCUT2D eigenvalue weighted by Gasteiger charge is -2.01. The third kappa shape index (κ3) is 4.27. The third-order valence-corrected chi connectivity index (χ3v) is 2.75. The van der Waals surface area contributed by atoms with Crippen LogP contribution in [0.1, 0.15) is 21.5 Å². The molecule has 0 fully saturated rings. The summed E-state index contributed by atoms with van der Waals surface area (Å²) in [6.07, 6.45) is 0. The number of aromatic carboxylic acids is 1. The molecule has 2 rings (SSSR count). The van der Waals surface area contributed by atoms with Gasteiger partial charge in [-0.2, -0.15) is 0 Å². The Bertz CT molecular complexity index is 622. The normalized spacial score (nSPS) is 9.60. The summed E-state index contributed by atoms with van der Waals surface area (Å²) in [5.74, 6) is 5.21. The fraction of sp³-hybridized carbons (Fsp3) is 0.118. The molecule has 0 bridgehead atoms. The van der Waals surface area contributed by atoms with Crippen molar-refractivity contribution in [2.75, 3.05) is 6.54 Å². The molecular formula is C17H15NO2. The number of hydrogen-bond acceptors (Lipinski definition) is 2. The molecule has 0 heterocycles. The number of benzene rings is 2. The summed E-state index contributed by atoms with van der Waals surface area (Å²) in [6, 6.07) is 16.6. The molecule has 0 atom stereocenters. The maximum absolute atomic E-state index is 10.7. The molecule has 0 radical (unpaired) electrons. The maximum atomic E-state index is 10.7. The molecule has 0 aliphatic rings. The Kier molecular flexibility index (Phi) is 4.94. The maximum Gasteiger partial charge on any atom is 0.335 e. The van der Waals surface area contributed by atoms with Crippen molar-refractivity contribution < 1.29 is 9.90 Å². The number of carboxylic acids is 1. The Morgan fingerprint density at radius 1 is 1.05 bits per heavy atom. The highest BCUT2D eigenvalue weighted by Crippen LogP contribution is 2.03. The Labute approximate surface area is 118 Å². The first-order chi connectivity index (χ1) is 9.75. The molecule has 0 spiro atoms. The molecule has 20 heavy (non-hydrogen) atoms. The third-order valence-electron chi connectivity index (χ3n) is 2.75. The molecule has 3 nitrogen and oxygen atoms in total. The van der Waals surface area contributed by atoms with Crippen LogP contribution in [0, 0.1) is 11.8 Å². The van der Waals surface area contributed by atoms with Gasteiger partial charge in [0.1, 0.15) is 0 Å². The minimum atomic E-state index is -0.904. The summed E-state index contributed by atoms with van der Waals surface area (Å²) in [5, 5.41) is 12.0. The molecular weight excluding hydrogens is 250 g/mol. The van der Waals surface area contributed by atoms with Crippen molar-refractivity contribution in [3.8, 4) is 11.8 Å². The molecule has 2 N–H and O–H groups in total. The van der Waals surface area contributed by atoms with Crippen LogP contribution < -0.4 is 5.32 Å². The second kappa shape index (κ2) is 7.13. The first-order valence-electron chi connectivity index (χ1n) is 6.32. The van der Waals surface area contributed by atoms with Crippen LogP contribution in [0.25, 0.3) is 0 Å². The lowest BCUT2D eigenvalue weighted by molar-refractivity contribution is 0.0697. The fourth-order valence-electron chi connectivity index (χ4n) is 1.70. The van der Waals surface area contributed by atoms with E-state index in [0.717, 1.165) is 11.1 Å². The molecule has 0 aliphatic heterocycles. The van der Waals surface area contributed by atoms with Crippen LogP contribution in [-0.2, 0) is 6.54 Å². The summed E-state index contributed by atoms with van der Waals surface area (Å²) >= 11 is 0. The van der Waals surface area contributed by atoms with E-state index >= 15 is 0 Å². The Morgan fingerprint density at radius 2 is 1.75 bits per heavy atom. The van der Waals surface area contributed by atoms with Gasteiger partial charge < -0.3 is 10.4 Å². The first kappa shape index (κ1) is 13.9. The molecule has 0 unspecified atom stereocenters. The van der Waals surface area contributed by atoms with Crippen molar-refractivity contribution >= 4 is 5.97 Å². The van der Waals surface area contributed by atoms with E-state index in [1.165, 1.54) is 0 Å². The predicted molar refractivity (Wildman–Crippen MR) is 78.4 cm³/mol. The van der Waals surface area contributed by atoms with Crippen molar-refractivity contribution in [2.24, 2.45) is 0 Å². The second-order valence-corrected chi connectivity index (χ2v) is 4.27. The molecule has 0 aromatic heterocycles. The second-order valence-electron chi connectivity index (χ2n) is 4.27. The lowest BCUT2D eigenvalue weighted by Crippen LogP contribution is -2.13. The van der Waals surface area contributed by atoms with E-state index < -0.39 is 5.97 Å². The standard InChI is InChI=1S/C17H15NO2/c19-17(20)16-10-8-15(9-11-16)13-18-12-4-7-14-5-2-1-3-6-14/h1-3,5-6,8-11,18H,12-13H2,(H,19,20). The first-order valence-corrected chi connectivity index (χ1v) is 6.32. The average Bonchev–Trinajstić information content (AvgIpc) is 2.48. The molecule has 3 heteroatoms. The largest absolute Gasteiger partial charge is 0.478 e. The number of nitrogens with one attached hydrogen (secondary N) is 1. The topological polar surface area (TPSA) is 49.3 Å². The quantitative estimate of drug-likeness (QED) is 0.659. The highest BCUT2D eigenvalue weighted by molar-refractivity contribution is 5.87. The Hall–Kier alpha value is -2.57. The minimum absolute atomic E-state index is 0.303. The predicted octanol–water partition coefficient (Wildman–Crippen LogP) is 2.53. The van der Waals surface area contributed by atoms with Gasteiger partial charge in [-0.3, -0.25) is 0 Å². The zero-order valence-electron chi connectivity index (χ0n) is 11.0. The van der Waals surface area contributed by atoms with E-state index in [4.69, 9.17) is 5.11 Å². The number of hydrogen-bond donors (Lipinski definition) is 2. The fourth-order valence-corrected chi connectivity index (χ4v) is 1.70. The summed E-state index contributed by atoms with van der Waals surface area (Å²) in [5.41, 5.74) is 2.34. The van der Waals surface area contributed by atoms with Gasteiger partial charge in [0.05, 0.1) is 12.1 Å². The molecule has 0 saturated heterocycles. The van der Waals surface area contributed by atoms with Crippen molar-refractivity contribution in [2.45, 2.75) is 6.54 Å². The monoisotopic (exact) mass is 265 g/mol. The summed E-state index contributed by atoms with van der Waals surface area (Å²) in [4.78, 5) is 10.7. The van der Waals surface area contributed by atoms with Crippen LogP contribution in [0.3, 0.4) is 0 Å². The lowest BCUT2D eigenvalue weighted by atomic mass is 10.1. The summed E-state index contributed by atoms with van der Waals surface area (Å²) in [7, 11) is 0. The number of carbonyl (C=O) groups is 1. The molecule has 2 aromatic rings. The Morgan fingerprint density at radius 3 is 2.40 bits per heavy atom. The van der Waals surface area contributed by atoms with Crippen LogP contribution in [0.5, 0.6) is 0 Å². The Balaban J connectivity index is 1.79. The molecule has 0 saturated carbocycles. The molecule has 100 valence electrons. The van der Waals surface area contributed by atoms with E-state index in [-0.39, 0.29) is 0 Å². The van der Waals surface area contributed by atoms with Gasteiger partial charge in [-0.25, -0.2) is 4.79 Å². The van der Waals surface area contributed by atoms with Crippen molar-refractivity contribution in [1.29, 1.82) is 0 Å². The van der Waals surface area contributed by atoms with Crippen LogP contribution in [0.2, 0.25) is 0 Å². The van der Waals surface area contributed by atoms with Crippen LogP contribution in [0.15, 0.2) is 54.6 Å². The van der Waals surface area contributed by atoms with Crippen LogP contribution in [0.4, 0.5) is 0 Å². The summed E-state index contributed by atoms with van der Waals surface area (Å²) in [6.45, 7) is 1.26. The van der Waals surface area contributed by atoms with E-state index in [2.05, 4.69) is 17.2 Å². The van der Waals surface area contributed by atoms with Gasteiger partial charge in [0.25, 0.3) is 0 Å². The number of carboxylic acid groups (broad SMARTS) is 1. The van der Waals surface area contributed by atoms with Gasteiger partial charge in [-0.05, 0) is 29.8 Å². The van der Waals surface area contributed by atoms with Crippen molar-refractivity contribution in [3.63, 3.8) is 0 Å². The van der Waals surface area contributed by atoms with Gasteiger partial charge in [0, 0.05) is 12.1 Å². The molecule has 0 aliphatic carbocycles. The molecule has 0 amide bonds. The average molecular weight is 265 g/mol. The van der Waals surface area contributed by atoms with Crippen LogP contribution in [-0.4, -0.2) is 17.6 Å². The van der Waals surface area contributed by atoms with Gasteiger partial charge >= 0.3 is 5.97 Å². The van der Waals surface area contributed by atoms with Crippen LogP contribution >= 0.6 is 0 Å². The SMILES string of the molecule is O=C(O)c1ccc(CNCC#Cc2ccccc2)cc1. The molecule has 2 aromatic carbocycles. The van der Waals surface area contributed by atoms with Gasteiger partial charge in [-0.15, -0.1) is 0 Å². The zero-order chi connectivity index (χ0) is 14.2. The van der Waals surface area contributed by atoms with Gasteiger partial charge in [0.2, 0.25) is 0 Å². The number of rotatable bonds is 4. The zero-order valence-corrected chi connectivity index (χ0v) is 11.0. The van der Waals surface area contributed by atoms with E-state index in [1.807, 2.05) is 30.3 Å². The van der Waals surface area contributed by atoms with Gasteiger partial charge in [0.15, 0.2) is 0 Å². The summed E-state index contributed by atoms with van der Waals surface area (Å²) < 4.78 is 0.